The highest BCUT2D eigenvalue weighted by molar-refractivity contribution is 6.48. The van der Waals surface area contributed by atoms with E-state index in [4.69, 9.17) is 0 Å². The second-order valence-corrected chi connectivity index (χ2v) is 7.62. The van der Waals surface area contributed by atoms with Crippen molar-refractivity contribution >= 4 is 29.9 Å². The molecule has 0 aromatic heterocycles. The summed E-state index contributed by atoms with van der Waals surface area (Å²) in [7, 11) is 2.03. The smallest absolute Gasteiger partial charge is 0.237 e. The third-order valence-corrected chi connectivity index (χ3v) is 6.70. The van der Waals surface area contributed by atoms with Gasteiger partial charge in [0, 0.05) is 31.6 Å². The third kappa shape index (κ3) is 1.72. The number of Topliss-reactive ketones (excluding diaryl/α,β-unsaturated/α-hetero) is 2. The molecular weight excluding hydrogens is 304 g/mol. The lowest BCUT2D eigenvalue weighted by atomic mass is 9.64. The fourth-order valence-electron chi connectivity index (χ4n) is 4.52. The highest BCUT2D eigenvalue weighted by Gasteiger charge is 2.78. The first-order chi connectivity index (χ1) is 9.68. The van der Waals surface area contributed by atoms with Gasteiger partial charge in [-0.2, -0.15) is 0 Å². The Morgan fingerprint density at radius 1 is 0.955 bits per heavy atom. The summed E-state index contributed by atoms with van der Waals surface area (Å²) in [5.41, 5.74) is -2.38. The number of nitrogens with zero attached hydrogens (tertiary/aromatic N) is 2. The maximum atomic E-state index is 13.1. The van der Waals surface area contributed by atoms with Crippen molar-refractivity contribution < 1.29 is 14.4 Å². The van der Waals surface area contributed by atoms with Crippen LogP contribution in [0.5, 0.6) is 0 Å². The Morgan fingerprint density at radius 3 is 1.95 bits per heavy atom. The fourth-order valence-corrected chi connectivity index (χ4v) is 4.52. The molecule has 1 saturated heterocycles. The molecule has 2 bridgehead atoms. The molecule has 3 fully saturated rings. The van der Waals surface area contributed by atoms with Crippen LogP contribution in [-0.4, -0.2) is 60.5 Å². The van der Waals surface area contributed by atoms with E-state index in [1.165, 1.54) is 0 Å². The predicted octanol–water partition coefficient (Wildman–Crippen LogP) is 1.15. The van der Waals surface area contributed by atoms with Gasteiger partial charge in [-0.1, -0.05) is 20.8 Å². The first-order valence-corrected chi connectivity index (χ1v) is 7.76. The zero-order valence-corrected chi connectivity index (χ0v) is 14.6. The molecule has 0 radical (unpaired) electrons. The maximum absolute atomic E-state index is 13.1. The summed E-state index contributed by atoms with van der Waals surface area (Å²) in [5.74, 6) is -0.883. The Morgan fingerprint density at radius 2 is 1.50 bits per heavy atom. The Hall–Kier alpha value is -0.940. The van der Waals surface area contributed by atoms with Crippen molar-refractivity contribution in [1.82, 2.24) is 9.80 Å². The van der Waals surface area contributed by atoms with E-state index in [1.807, 2.05) is 27.8 Å². The van der Waals surface area contributed by atoms with Gasteiger partial charge in [0.25, 0.3) is 0 Å². The largest absolute Gasteiger partial charge is 0.339 e. The molecular formula is C16H25ClN2O3. The van der Waals surface area contributed by atoms with Gasteiger partial charge >= 0.3 is 0 Å². The number of likely N-dealkylation sites (N-methyl/N-ethyl adjacent to an activating group) is 1. The fraction of sp³-hybridized carbons (Fsp3) is 0.812. The lowest BCUT2D eigenvalue weighted by Gasteiger charge is -2.42. The van der Waals surface area contributed by atoms with Crippen molar-refractivity contribution in [3.05, 3.63) is 0 Å². The molecule has 3 rings (SSSR count). The van der Waals surface area contributed by atoms with E-state index in [1.54, 1.807) is 4.90 Å². The van der Waals surface area contributed by atoms with Gasteiger partial charge in [-0.3, -0.25) is 14.4 Å². The maximum Gasteiger partial charge on any atom is 0.237 e. The van der Waals surface area contributed by atoms with Gasteiger partial charge in [0.1, 0.15) is 5.41 Å². The van der Waals surface area contributed by atoms with Gasteiger partial charge in [-0.05, 0) is 25.3 Å². The number of fused-ring (bicyclic) bond motifs is 2. The topological polar surface area (TPSA) is 57.7 Å². The molecule has 0 spiro atoms. The van der Waals surface area contributed by atoms with Crippen LogP contribution in [0, 0.1) is 16.2 Å². The van der Waals surface area contributed by atoms with Crippen molar-refractivity contribution in [2.24, 2.45) is 16.2 Å². The minimum Gasteiger partial charge on any atom is -0.339 e. The summed E-state index contributed by atoms with van der Waals surface area (Å²) in [5, 5.41) is 0. The standard InChI is InChI=1S/C16H24N2O3.ClH/c1-14(2)15(3)5-6-16(14,12(20)11(15)19)13(21)18-9-7-17(4)8-10-18;/h5-10H2,1-4H3;1H. The predicted molar refractivity (Wildman–Crippen MR) is 84.9 cm³/mol. The molecule has 0 N–H and O–H groups in total. The molecule has 2 saturated carbocycles. The average molecular weight is 329 g/mol. The second-order valence-electron chi connectivity index (χ2n) is 7.62. The highest BCUT2D eigenvalue weighted by Crippen LogP contribution is 2.69. The summed E-state index contributed by atoms with van der Waals surface area (Å²) in [4.78, 5) is 42.2. The van der Waals surface area contributed by atoms with Crippen molar-refractivity contribution in [2.45, 2.75) is 33.6 Å². The molecule has 2 unspecified atom stereocenters. The number of carbonyl (C=O) groups is 3. The van der Waals surface area contributed by atoms with E-state index in [9.17, 15) is 14.4 Å². The van der Waals surface area contributed by atoms with E-state index in [2.05, 4.69) is 4.90 Å². The minimum absolute atomic E-state index is 0. The SMILES string of the molecule is CN1CCN(C(=O)C23CCC(C)(C(=O)C2=O)C3(C)C)CC1.Cl. The molecule has 3 aliphatic rings. The molecule has 2 aliphatic carbocycles. The van der Waals surface area contributed by atoms with Crippen LogP contribution in [0.15, 0.2) is 0 Å². The third-order valence-electron chi connectivity index (χ3n) is 6.70. The summed E-state index contributed by atoms with van der Waals surface area (Å²) < 4.78 is 0. The Labute approximate surface area is 137 Å². The summed E-state index contributed by atoms with van der Waals surface area (Å²) in [6.45, 7) is 8.65. The number of piperazine rings is 1. The Kier molecular flexibility index (Phi) is 3.98. The number of hydrogen-bond donors (Lipinski definition) is 0. The van der Waals surface area contributed by atoms with E-state index < -0.39 is 22.0 Å². The number of hydrogen-bond acceptors (Lipinski definition) is 4. The minimum atomic E-state index is -1.12. The summed E-state index contributed by atoms with van der Waals surface area (Å²) in [6.07, 6.45) is 1.16. The average Bonchev–Trinajstić information content (AvgIpc) is 2.71. The monoisotopic (exact) mass is 328 g/mol. The first kappa shape index (κ1) is 17.4. The molecule has 1 heterocycles. The van der Waals surface area contributed by atoms with Crippen LogP contribution in [0.25, 0.3) is 0 Å². The van der Waals surface area contributed by atoms with Crippen LogP contribution in [0.2, 0.25) is 0 Å². The van der Waals surface area contributed by atoms with Crippen molar-refractivity contribution in [3.63, 3.8) is 0 Å². The van der Waals surface area contributed by atoms with Crippen LogP contribution in [-0.2, 0) is 14.4 Å². The molecule has 6 heteroatoms. The molecule has 5 nitrogen and oxygen atoms in total. The number of halogens is 1. The molecule has 0 aromatic carbocycles. The van der Waals surface area contributed by atoms with Gasteiger partial charge < -0.3 is 9.80 Å². The van der Waals surface area contributed by atoms with Gasteiger partial charge in [-0.25, -0.2) is 0 Å². The molecule has 1 amide bonds. The lowest BCUT2D eigenvalue weighted by molar-refractivity contribution is -0.156. The zero-order valence-electron chi connectivity index (χ0n) is 13.8. The van der Waals surface area contributed by atoms with Crippen LogP contribution in [0.4, 0.5) is 0 Å². The number of carbonyl (C=O) groups excluding carboxylic acids is 3. The zero-order chi connectivity index (χ0) is 15.6. The van der Waals surface area contributed by atoms with Gasteiger partial charge in [0.05, 0.1) is 0 Å². The van der Waals surface area contributed by atoms with Crippen LogP contribution >= 0.6 is 12.4 Å². The lowest BCUT2D eigenvalue weighted by Crippen LogP contribution is -2.56. The van der Waals surface area contributed by atoms with E-state index in [0.29, 0.717) is 25.9 Å². The van der Waals surface area contributed by atoms with E-state index in [0.717, 1.165) is 13.1 Å². The van der Waals surface area contributed by atoms with Gasteiger partial charge in [0.15, 0.2) is 0 Å². The number of amides is 1. The number of rotatable bonds is 1. The quantitative estimate of drug-likeness (QED) is 0.535. The van der Waals surface area contributed by atoms with Gasteiger partial charge in [-0.15, -0.1) is 12.4 Å². The normalized spacial score (nSPS) is 37.4. The molecule has 0 aromatic rings. The van der Waals surface area contributed by atoms with Crippen LogP contribution in [0.3, 0.4) is 0 Å². The molecule has 1 aliphatic heterocycles. The molecule has 2 atom stereocenters. The highest BCUT2D eigenvalue weighted by atomic mass is 35.5. The Balaban J connectivity index is 0.00000176. The summed E-state index contributed by atoms with van der Waals surface area (Å²) in [6, 6.07) is 0. The first-order valence-electron chi connectivity index (χ1n) is 7.76. The Bertz CT molecular complexity index is 540. The molecule has 124 valence electrons. The van der Waals surface area contributed by atoms with E-state index >= 15 is 0 Å². The van der Waals surface area contributed by atoms with Crippen molar-refractivity contribution in [3.8, 4) is 0 Å². The van der Waals surface area contributed by atoms with Crippen molar-refractivity contribution in [2.75, 3.05) is 33.2 Å². The van der Waals surface area contributed by atoms with Gasteiger partial charge in [0.2, 0.25) is 17.5 Å². The van der Waals surface area contributed by atoms with Crippen molar-refractivity contribution in [1.29, 1.82) is 0 Å². The van der Waals surface area contributed by atoms with E-state index in [-0.39, 0.29) is 24.1 Å². The molecule has 22 heavy (non-hydrogen) atoms. The number of ketones is 2. The van der Waals surface area contributed by atoms with Crippen LogP contribution < -0.4 is 0 Å². The second kappa shape index (κ2) is 5.03. The summed E-state index contributed by atoms with van der Waals surface area (Å²) >= 11 is 0. The van der Waals surface area contributed by atoms with Crippen LogP contribution in [0.1, 0.15) is 33.6 Å².